The van der Waals surface area contributed by atoms with Gasteiger partial charge in [0.1, 0.15) is 5.52 Å². The first-order valence-corrected chi connectivity index (χ1v) is 12.4. The molecule has 2 saturated heterocycles. The molecule has 0 saturated carbocycles. The molecule has 0 bridgehead atoms. The van der Waals surface area contributed by atoms with E-state index in [1.165, 1.54) is 16.7 Å². The average Bonchev–Trinajstić information content (AvgIpc) is 3.42. The minimum absolute atomic E-state index is 0.144. The monoisotopic (exact) mass is 485 g/mol. The van der Waals surface area contributed by atoms with Gasteiger partial charge in [0, 0.05) is 38.4 Å². The number of piperidine rings is 1. The first kappa shape index (κ1) is 22.5. The highest BCUT2D eigenvalue weighted by atomic mass is 32.2. The zero-order chi connectivity index (χ0) is 23.8. The number of primary amides is 1. The van der Waals surface area contributed by atoms with Crippen LogP contribution >= 0.6 is 11.8 Å². The topological polar surface area (TPSA) is 137 Å². The molecule has 2 unspecified atom stereocenters. The van der Waals surface area contributed by atoms with Crippen LogP contribution in [-0.2, 0) is 9.59 Å². The fraction of sp³-hybridized carbons (Fsp3) is 0.500. The molecule has 1 aromatic heterocycles. The van der Waals surface area contributed by atoms with Crippen LogP contribution in [0, 0.1) is 5.92 Å². The Bertz CT molecular complexity index is 1110. The number of likely N-dealkylation sites (tertiary alicyclic amines) is 1. The van der Waals surface area contributed by atoms with Gasteiger partial charge in [-0.1, -0.05) is 23.9 Å². The number of thioether (sulfide) groups is 1. The number of nitrogens with two attached hydrogens (primary N) is 1. The molecule has 4 amide bonds. The van der Waals surface area contributed by atoms with Crippen molar-refractivity contribution in [2.45, 2.75) is 36.7 Å². The number of aromatic nitrogens is 1. The molecule has 4 heterocycles. The Labute approximate surface area is 200 Å². The molecule has 2 atom stereocenters. The number of likely N-dealkylation sites (N-methyl/N-ethyl adjacent to an activating group) is 1. The Morgan fingerprint density at radius 2 is 2.03 bits per heavy atom. The largest absolute Gasteiger partial charge is 0.431 e. The number of amides is 4. The molecule has 3 aliphatic heterocycles. The molecule has 2 fully saturated rings. The van der Waals surface area contributed by atoms with Gasteiger partial charge in [-0.2, -0.15) is 0 Å². The van der Waals surface area contributed by atoms with Crippen molar-refractivity contribution in [2.75, 3.05) is 32.4 Å². The molecular formula is C22H27N7O4S. The molecule has 0 radical (unpaired) electrons. The lowest BCUT2D eigenvalue weighted by Crippen LogP contribution is -2.64. The Morgan fingerprint density at radius 3 is 2.76 bits per heavy atom. The van der Waals surface area contributed by atoms with E-state index >= 15 is 0 Å². The second kappa shape index (κ2) is 9.16. The van der Waals surface area contributed by atoms with Crippen LogP contribution in [0.5, 0.6) is 0 Å². The zero-order valence-corrected chi connectivity index (χ0v) is 19.7. The fourth-order valence-electron chi connectivity index (χ4n) is 4.68. The number of benzene rings is 1. The smallest absolute Gasteiger partial charge is 0.325 e. The van der Waals surface area contributed by atoms with Gasteiger partial charge in [-0.25, -0.2) is 14.8 Å². The number of nitrogens with zero attached hydrogens (tertiary/aromatic N) is 5. The SMILES string of the molecule is CN1C(=O)NC(=O)C2C1N=C(N1CCC(C(N)=O)CC1)N2CCCSc1nc2ccccc2o1. The number of guanidine groups is 1. The van der Waals surface area contributed by atoms with Gasteiger partial charge >= 0.3 is 6.03 Å². The van der Waals surface area contributed by atoms with Gasteiger partial charge < -0.3 is 24.9 Å². The van der Waals surface area contributed by atoms with Crippen LogP contribution in [0.1, 0.15) is 19.3 Å². The molecule has 180 valence electrons. The number of imide groups is 1. The van der Waals surface area contributed by atoms with Crippen molar-refractivity contribution in [3.05, 3.63) is 24.3 Å². The molecule has 11 nitrogen and oxygen atoms in total. The van der Waals surface area contributed by atoms with Crippen molar-refractivity contribution < 1.29 is 18.8 Å². The minimum Gasteiger partial charge on any atom is -0.431 e. The van der Waals surface area contributed by atoms with Crippen LogP contribution in [0.4, 0.5) is 4.79 Å². The Kier molecular flexibility index (Phi) is 6.07. The number of hydrogen-bond donors (Lipinski definition) is 2. The third-order valence-electron chi connectivity index (χ3n) is 6.56. The maximum Gasteiger partial charge on any atom is 0.325 e. The Morgan fingerprint density at radius 1 is 1.26 bits per heavy atom. The van der Waals surface area contributed by atoms with Gasteiger partial charge in [0.15, 0.2) is 23.8 Å². The number of aliphatic imine (C=N–C) groups is 1. The molecule has 34 heavy (non-hydrogen) atoms. The van der Waals surface area contributed by atoms with Crippen molar-refractivity contribution in [2.24, 2.45) is 16.6 Å². The van der Waals surface area contributed by atoms with Crippen molar-refractivity contribution in [3.8, 4) is 0 Å². The molecule has 5 rings (SSSR count). The van der Waals surface area contributed by atoms with E-state index in [4.69, 9.17) is 15.1 Å². The normalized spacial score (nSPS) is 23.3. The van der Waals surface area contributed by atoms with Crippen LogP contribution in [-0.4, -0.2) is 88.1 Å². The summed E-state index contributed by atoms with van der Waals surface area (Å²) in [6.07, 6.45) is 1.47. The van der Waals surface area contributed by atoms with E-state index in [2.05, 4.69) is 15.2 Å². The van der Waals surface area contributed by atoms with E-state index < -0.39 is 18.2 Å². The van der Waals surface area contributed by atoms with Crippen LogP contribution in [0.3, 0.4) is 0 Å². The summed E-state index contributed by atoms with van der Waals surface area (Å²) < 4.78 is 5.77. The summed E-state index contributed by atoms with van der Waals surface area (Å²) in [4.78, 5) is 51.4. The highest BCUT2D eigenvalue weighted by molar-refractivity contribution is 7.99. The highest BCUT2D eigenvalue weighted by Crippen LogP contribution is 2.29. The zero-order valence-electron chi connectivity index (χ0n) is 18.8. The maximum absolute atomic E-state index is 12.8. The fourth-order valence-corrected chi connectivity index (χ4v) is 5.44. The number of carbonyl (C=O) groups is 3. The van der Waals surface area contributed by atoms with E-state index in [0.29, 0.717) is 43.7 Å². The summed E-state index contributed by atoms with van der Waals surface area (Å²) in [5, 5.41) is 3.04. The summed E-state index contributed by atoms with van der Waals surface area (Å²) in [6.45, 7) is 1.83. The number of hydrogen-bond acceptors (Lipinski definition) is 9. The second-order valence-corrected chi connectivity index (χ2v) is 9.75. The molecular weight excluding hydrogens is 458 g/mol. The van der Waals surface area contributed by atoms with Gasteiger partial charge in [0.25, 0.3) is 11.1 Å². The molecule has 0 aliphatic carbocycles. The number of nitrogens with one attached hydrogen (secondary N) is 1. The van der Waals surface area contributed by atoms with Gasteiger partial charge in [0.05, 0.1) is 0 Å². The quantitative estimate of drug-likeness (QED) is 0.458. The van der Waals surface area contributed by atoms with Crippen molar-refractivity contribution in [1.82, 2.24) is 25.0 Å². The molecule has 3 N–H and O–H groups in total. The Balaban J connectivity index is 1.27. The maximum atomic E-state index is 12.8. The lowest BCUT2D eigenvalue weighted by atomic mass is 9.96. The van der Waals surface area contributed by atoms with Gasteiger partial charge in [-0.05, 0) is 31.4 Å². The first-order chi connectivity index (χ1) is 16.4. The van der Waals surface area contributed by atoms with Crippen molar-refractivity contribution in [1.29, 1.82) is 0 Å². The Hall–Kier alpha value is -3.28. The molecule has 3 aliphatic rings. The number of para-hydroxylation sites is 2. The summed E-state index contributed by atoms with van der Waals surface area (Å²) in [6, 6.07) is 6.61. The summed E-state index contributed by atoms with van der Waals surface area (Å²) in [5.41, 5.74) is 7.07. The first-order valence-electron chi connectivity index (χ1n) is 11.4. The molecule has 2 aromatic rings. The number of oxazole rings is 1. The summed E-state index contributed by atoms with van der Waals surface area (Å²) in [7, 11) is 1.65. The van der Waals surface area contributed by atoms with Crippen molar-refractivity contribution >= 4 is 46.7 Å². The molecule has 12 heteroatoms. The van der Waals surface area contributed by atoms with Crippen LogP contribution in [0.15, 0.2) is 38.9 Å². The number of carbonyl (C=O) groups excluding carboxylic acids is 3. The van der Waals surface area contributed by atoms with Gasteiger partial charge in [0.2, 0.25) is 5.91 Å². The lowest BCUT2D eigenvalue weighted by molar-refractivity contribution is -0.127. The third-order valence-corrected chi connectivity index (χ3v) is 7.48. The van der Waals surface area contributed by atoms with Gasteiger partial charge in [-0.3, -0.25) is 14.9 Å². The predicted octanol–water partition coefficient (Wildman–Crippen LogP) is 1.06. The summed E-state index contributed by atoms with van der Waals surface area (Å²) in [5.74, 6) is 0.675. The van der Waals surface area contributed by atoms with E-state index in [0.717, 1.165) is 23.3 Å². The van der Waals surface area contributed by atoms with E-state index in [1.54, 1.807) is 7.05 Å². The summed E-state index contributed by atoms with van der Waals surface area (Å²) >= 11 is 1.53. The van der Waals surface area contributed by atoms with Gasteiger partial charge in [-0.15, -0.1) is 0 Å². The number of urea groups is 1. The number of fused-ring (bicyclic) bond motifs is 2. The highest BCUT2D eigenvalue weighted by Gasteiger charge is 2.49. The number of rotatable bonds is 6. The predicted molar refractivity (Wildman–Crippen MR) is 126 cm³/mol. The standard InChI is InChI=1S/C22H27N7O4S/c1-27-18-16(19(31)26-21(27)32)29(20(25-18)28-10-7-13(8-11-28)17(23)30)9-4-12-34-22-24-14-5-2-3-6-15(14)33-22/h2-3,5-6,13,16,18H,4,7-12H2,1H3,(H2,23,30)(H,26,31,32). The van der Waals surface area contributed by atoms with Crippen LogP contribution in [0.2, 0.25) is 0 Å². The third kappa shape index (κ3) is 4.17. The molecule has 0 spiro atoms. The van der Waals surface area contributed by atoms with E-state index in [-0.39, 0.29) is 17.7 Å². The minimum atomic E-state index is -0.583. The van der Waals surface area contributed by atoms with E-state index in [9.17, 15) is 14.4 Å². The van der Waals surface area contributed by atoms with E-state index in [1.807, 2.05) is 29.2 Å². The lowest BCUT2D eigenvalue weighted by Gasteiger charge is -2.39. The van der Waals surface area contributed by atoms with Crippen LogP contribution < -0.4 is 11.1 Å². The van der Waals surface area contributed by atoms with Crippen LogP contribution in [0.25, 0.3) is 11.1 Å². The molecule has 1 aromatic carbocycles. The average molecular weight is 486 g/mol. The van der Waals surface area contributed by atoms with Crippen molar-refractivity contribution in [3.63, 3.8) is 0 Å². The second-order valence-electron chi connectivity index (χ2n) is 8.70.